The van der Waals surface area contributed by atoms with Crippen LogP contribution in [-0.4, -0.2) is 16.2 Å². The average molecular weight is 273 g/mol. The smallest absolute Gasteiger partial charge is 0.273 e. The lowest BCUT2D eigenvalue weighted by Gasteiger charge is -2.03. The molecule has 1 aliphatic heterocycles. The molecule has 0 N–H and O–H groups in total. The van der Waals surface area contributed by atoms with Crippen LogP contribution in [0.4, 0.5) is 14.5 Å². The van der Waals surface area contributed by atoms with Gasteiger partial charge < -0.3 is 5.21 Å². The minimum atomic E-state index is -0.833. The Morgan fingerprint density at radius 1 is 1.05 bits per heavy atom. The van der Waals surface area contributed by atoms with Gasteiger partial charge in [-0.3, -0.25) is 4.79 Å². The van der Waals surface area contributed by atoms with Gasteiger partial charge in [0.15, 0.2) is 0 Å². The number of carbonyl (C=O) groups is 1. The van der Waals surface area contributed by atoms with Gasteiger partial charge in [-0.25, -0.2) is 8.78 Å². The third-order valence-corrected chi connectivity index (χ3v) is 3.17. The first-order chi connectivity index (χ1) is 9.47. The van der Waals surface area contributed by atoms with Crippen molar-refractivity contribution in [2.75, 3.05) is 0 Å². The second kappa shape index (κ2) is 4.23. The van der Waals surface area contributed by atoms with Crippen LogP contribution in [0.15, 0.2) is 36.4 Å². The lowest BCUT2D eigenvalue weighted by atomic mass is 10.0. The topological polar surface area (TPSA) is 43.1 Å². The van der Waals surface area contributed by atoms with Crippen LogP contribution >= 0.6 is 0 Å². The van der Waals surface area contributed by atoms with Gasteiger partial charge in [-0.1, -0.05) is 6.07 Å². The summed E-state index contributed by atoms with van der Waals surface area (Å²) in [5.74, 6) is -2.19. The molecule has 0 radical (unpaired) electrons. The summed E-state index contributed by atoms with van der Waals surface area (Å²) in [5, 5.41) is 12.2. The van der Waals surface area contributed by atoms with E-state index in [4.69, 9.17) is 0 Å². The first-order valence-electron chi connectivity index (χ1n) is 5.93. The third-order valence-electron chi connectivity index (χ3n) is 3.17. The molecule has 0 saturated heterocycles. The van der Waals surface area contributed by atoms with E-state index in [1.54, 1.807) is 25.1 Å². The fourth-order valence-corrected chi connectivity index (χ4v) is 2.28. The number of carbonyl (C=O) groups excluding carboxylic acids is 1. The van der Waals surface area contributed by atoms with E-state index in [9.17, 15) is 18.8 Å². The van der Waals surface area contributed by atoms with Gasteiger partial charge in [0.25, 0.3) is 11.5 Å². The summed E-state index contributed by atoms with van der Waals surface area (Å²) in [4.78, 5) is 12.2. The Balaban J connectivity index is 2.23. The molecule has 1 aliphatic rings. The van der Waals surface area contributed by atoms with Crippen molar-refractivity contribution < 1.29 is 18.3 Å². The summed E-state index contributed by atoms with van der Waals surface area (Å²) in [7, 11) is 0. The summed E-state index contributed by atoms with van der Waals surface area (Å²) in [6.07, 6.45) is 0. The van der Waals surface area contributed by atoms with Gasteiger partial charge >= 0.3 is 0 Å². The highest BCUT2D eigenvalue weighted by Crippen LogP contribution is 2.29. The van der Waals surface area contributed by atoms with Gasteiger partial charge in [-0.15, -0.1) is 0 Å². The van der Waals surface area contributed by atoms with E-state index >= 15 is 0 Å². The number of hydrogen-bond donors (Lipinski definition) is 0. The zero-order chi connectivity index (χ0) is 14.4. The van der Waals surface area contributed by atoms with Crippen molar-refractivity contribution in [3.05, 3.63) is 69.9 Å². The van der Waals surface area contributed by atoms with E-state index in [2.05, 4.69) is 0 Å². The molecular formula is C15H9F2NO2. The quantitative estimate of drug-likeness (QED) is 0.592. The van der Waals surface area contributed by atoms with Gasteiger partial charge in [-0.05, 0) is 30.7 Å². The number of aryl methyl sites for hydroxylation is 1. The second-order valence-corrected chi connectivity index (χ2v) is 4.65. The summed E-state index contributed by atoms with van der Waals surface area (Å²) in [6.45, 7) is 1.79. The minimum Gasteiger partial charge on any atom is -0.618 e. The molecule has 100 valence electrons. The summed E-state index contributed by atoms with van der Waals surface area (Å²) < 4.78 is 26.9. The Morgan fingerprint density at radius 3 is 2.35 bits per heavy atom. The molecule has 0 saturated carbocycles. The first-order valence-corrected chi connectivity index (χ1v) is 5.93. The lowest BCUT2D eigenvalue weighted by Crippen LogP contribution is -2.17. The predicted octanol–water partition coefficient (Wildman–Crippen LogP) is 3.10. The van der Waals surface area contributed by atoms with Gasteiger partial charge in [-0.2, -0.15) is 4.74 Å². The van der Waals surface area contributed by atoms with Crippen molar-refractivity contribution in [3.8, 4) is 0 Å². The van der Waals surface area contributed by atoms with Crippen molar-refractivity contribution in [1.29, 1.82) is 0 Å². The number of Topliss-reactive ketones (excluding diaryl/α,β-unsaturated/α-hetero) is 1. The number of rotatable bonds is 1. The van der Waals surface area contributed by atoms with Crippen LogP contribution in [-0.2, 0) is 0 Å². The molecule has 0 aromatic heterocycles. The molecule has 20 heavy (non-hydrogen) atoms. The molecule has 2 aromatic rings. The highest BCUT2D eigenvalue weighted by Gasteiger charge is 2.36. The van der Waals surface area contributed by atoms with Crippen LogP contribution in [0, 0.1) is 23.8 Å². The van der Waals surface area contributed by atoms with E-state index < -0.39 is 17.4 Å². The lowest BCUT2D eigenvalue weighted by molar-refractivity contribution is -0.355. The number of benzene rings is 2. The molecule has 0 spiro atoms. The van der Waals surface area contributed by atoms with Gasteiger partial charge in [0.05, 0.1) is 5.56 Å². The van der Waals surface area contributed by atoms with Gasteiger partial charge in [0.2, 0.25) is 5.69 Å². The molecule has 0 amide bonds. The van der Waals surface area contributed by atoms with E-state index in [1.165, 1.54) is 0 Å². The van der Waals surface area contributed by atoms with Crippen molar-refractivity contribution in [2.24, 2.45) is 0 Å². The van der Waals surface area contributed by atoms with Crippen LogP contribution in [0.25, 0.3) is 0 Å². The summed E-state index contributed by atoms with van der Waals surface area (Å²) in [5.41, 5.74) is 0.948. The molecule has 3 nitrogen and oxygen atoms in total. The van der Waals surface area contributed by atoms with Crippen molar-refractivity contribution in [2.45, 2.75) is 6.92 Å². The van der Waals surface area contributed by atoms with Crippen molar-refractivity contribution in [1.82, 2.24) is 0 Å². The van der Waals surface area contributed by atoms with Crippen LogP contribution in [0.2, 0.25) is 0 Å². The molecule has 0 atom stereocenters. The fraction of sp³-hybridized carbons (Fsp3) is 0.0667. The van der Waals surface area contributed by atoms with Crippen molar-refractivity contribution in [3.63, 3.8) is 0 Å². The van der Waals surface area contributed by atoms with Gasteiger partial charge in [0, 0.05) is 12.1 Å². The van der Waals surface area contributed by atoms with E-state index in [0.29, 0.717) is 10.8 Å². The molecule has 0 aliphatic carbocycles. The van der Waals surface area contributed by atoms with E-state index in [1.807, 2.05) is 0 Å². The SMILES string of the molecule is Cc1ccc2c(c1)[N+]([O-])=C(c1cc(F)cc(F)c1)C2=O. The maximum atomic E-state index is 13.2. The zero-order valence-corrected chi connectivity index (χ0v) is 10.5. The number of ketones is 1. The Kier molecular flexibility index (Phi) is 2.64. The number of fused-ring (bicyclic) bond motifs is 1. The average Bonchev–Trinajstić information content (AvgIpc) is 2.60. The largest absolute Gasteiger partial charge is 0.618 e. The molecule has 1 heterocycles. The fourth-order valence-electron chi connectivity index (χ4n) is 2.28. The molecular weight excluding hydrogens is 264 g/mol. The maximum Gasteiger partial charge on any atom is 0.273 e. The second-order valence-electron chi connectivity index (χ2n) is 4.65. The molecule has 5 heteroatoms. The molecule has 3 rings (SSSR count). The predicted molar refractivity (Wildman–Crippen MR) is 69.3 cm³/mol. The normalized spacial score (nSPS) is 13.8. The first kappa shape index (κ1) is 12.5. The van der Waals surface area contributed by atoms with Gasteiger partial charge in [0.1, 0.15) is 17.2 Å². The number of hydrogen-bond acceptors (Lipinski definition) is 2. The van der Waals surface area contributed by atoms with E-state index in [-0.39, 0.29) is 22.5 Å². The number of halogens is 2. The van der Waals surface area contributed by atoms with Crippen LogP contribution in [0.5, 0.6) is 0 Å². The monoisotopic (exact) mass is 273 g/mol. The number of nitrogens with zero attached hydrogens (tertiary/aromatic N) is 1. The van der Waals surface area contributed by atoms with Crippen LogP contribution in [0.3, 0.4) is 0 Å². The zero-order valence-electron chi connectivity index (χ0n) is 10.5. The highest BCUT2D eigenvalue weighted by atomic mass is 19.1. The third kappa shape index (κ3) is 1.79. The Labute approximate surface area is 113 Å². The Bertz CT molecular complexity index is 761. The molecule has 0 bridgehead atoms. The van der Waals surface area contributed by atoms with Crippen LogP contribution in [0.1, 0.15) is 21.5 Å². The molecule has 0 unspecified atom stereocenters. The summed E-state index contributed by atoms with van der Waals surface area (Å²) >= 11 is 0. The minimum absolute atomic E-state index is 0.0589. The summed E-state index contributed by atoms with van der Waals surface area (Å²) in [6, 6.07) is 7.46. The standard InChI is InChI=1S/C15H9F2NO2/c1-8-2-3-12-13(4-8)18(20)14(15(12)19)9-5-10(16)7-11(17)6-9/h2-7H,1H3. The maximum absolute atomic E-state index is 13.2. The Hall–Kier alpha value is -2.56. The molecule has 0 fully saturated rings. The van der Waals surface area contributed by atoms with Crippen LogP contribution < -0.4 is 0 Å². The highest BCUT2D eigenvalue weighted by molar-refractivity contribution is 6.52. The van der Waals surface area contributed by atoms with Crippen molar-refractivity contribution >= 4 is 17.2 Å². The van der Waals surface area contributed by atoms with E-state index in [0.717, 1.165) is 17.7 Å². The Morgan fingerprint density at radius 2 is 1.70 bits per heavy atom. The molecule has 2 aromatic carbocycles.